The summed E-state index contributed by atoms with van der Waals surface area (Å²) >= 11 is 0. The highest BCUT2D eigenvalue weighted by atomic mass is 19.1. The van der Waals surface area contributed by atoms with Crippen molar-refractivity contribution in [2.24, 2.45) is 0 Å². The third-order valence-electron chi connectivity index (χ3n) is 4.07. The van der Waals surface area contributed by atoms with Gasteiger partial charge in [0.1, 0.15) is 5.82 Å². The second-order valence-electron chi connectivity index (χ2n) is 6.56. The molecule has 3 rings (SSSR count). The molecule has 0 saturated carbocycles. The Morgan fingerprint density at radius 1 is 1.25 bits per heavy atom. The number of halogens is 1. The molecule has 0 bridgehead atoms. The molecule has 148 valence electrons. The smallest absolute Gasteiger partial charge is 0.297 e. The van der Waals surface area contributed by atoms with E-state index in [-0.39, 0.29) is 36.0 Å². The maximum atomic E-state index is 13.0. The lowest BCUT2D eigenvalue weighted by molar-refractivity contribution is -0.180. The summed E-state index contributed by atoms with van der Waals surface area (Å²) in [4.78, 5) is 33.6. The molecule has 9 heteroatoms. The van der Waals surface area contributed by atoms with E-state index in [1.165, 1.54) is 25.4 Å². The zero-order chi connectivity index (χ0) is 20.3. The fourth-order valence-electron chi connectivity index (χ4n) is 2.68. The van der Waals surface area contributed by atoms with E-state index in [0.717, 1.165) is 5.56 Å². The summed E-state index contributed by atoms with van der Waals surface area (Å²) in [5.41, 5.74) is 3.55. The van der Waals surface area contributed by atoms with Gasteiger partial charge in [-0.05, 0) is 17.7 Å². The fraction of sp³-hybridized carbons (Fsp3) is 0.316. The predicted octanol–water partition coefficient (Wildman–Crippen LogP) is 2.09. The van der Waals surface area contributed by atoms with Crippen LogP contribution in [-0.4, -0.2) is 29.7 Å². The van der Waals surface area contributed by atoms with Gasteiger partial charge in [0.05, 0.1) is 19.3 Å². The Balaban J connectivity index is 1.87. The van der Waals surface area contributed by atoms with E-state index >= 15 is 0 Å². The van der Waals surface area contributed by atoms with Crippen molar-refractivity contribution in [1.29, 1.82) is 0 Å². The Kier molecular flexibility index (Phi) is 5.57. The number of ether oxygens (including phenoxy) is 2. The Morgan fingerprint density at radius 2 is 1.96 bits per heavy atom. The van der Waals surface area contributed by atoms with E-state index in [9.17, 15) is 14.0 Å². The number of aromatic nitrogens is 1. The Bertz CT molecular complexity index is 899. The molecule has 0 atom stereocenters. The topological polar surface area (TPSA) is 98.8 Å². The van der Waals surface area contributed by atoms with E-state index in [1.807, 2.05) is 0 Å². The molecule has 28 heavy (non-hydrogen) atoms. The third-order valence-corrected chi connectivity index (χ3v) is 4.07. The number of pyridine rings is 1. The van der Waals surface area contributed by atoms with Crippen molar-refractivity contribution < 1.29 is 28.3 Å². The van der Waals surface area contributed by atoms with Crippen molar-refractivity contribution in [3.8, 4) is 5.75 Å². The molecule has 1 aromatic carbocycles. The van der Waals surface area contributed by atoms with Crippen LogP contribution in [0.15, 0.2) is 30.5 Å². The molecule has 1 aliphatic rings. The van der Waals surface area contributed by atoms with Crippen LogP contribution in [0, 0.1) is 5.82 Å². The number of hydrogen-bond donors (Lipinski definition) is 2. The molecule has 1 aromatic heterocycles. The van der Waals surface area contributed by atoms with Crippen LogP contribution >= 0.6 is 0 Å². The minimum absolute atomic E-state index is 0.0108. The van der Waals surface area contributed by atoms with Crippen LogP contribution in [-0.2, 0) is 22.7 Å². The molecule has 1 aliphatic heterocycles. The first-order chi connectivity index (χ1) is 13.3. The number of nitrogens with zero attached hydrogens (tertiary/aromatic N) is 1. The van der Waals surface area contributed by atoms with Crippen LogP contribution in [0.3, 0.4) is 0 Å². The molecular weight excluding hydrogens is 369 g/mol. The average molecular weight is 389 g/mol. The highest BCUT2D eigenvalue weighted by Crippen LogP contribution is 2.35. The van der Waals surface area contributed by atoms with Crippen LogP contribution in [0.25, 0.3) is 0 Å². The number of nitrogens with one attached hydrogen (secondary N) is 2. The lowest BCUT2D eigenvalue weighted by Crippen LogP contribution is -2.38. The molecule has 0 radical (unpaired) electrons. The lowest BCUT2D eigenvalue weighted by Gasteiger charge is -2.33. The Morgan fingerprint density at radius 3 is 2.64 bits per heavy atom. The minimum atomic E-state index is -0.986. The van der Waals surface area contributed by atoms with Gasteiger partial charge in [0.25, 0.3) is 11.8 Å². The van der Waals surface area contributed by atoms with E-state index in [0.29, 0.717) is 5.56 Å². The number of carbonyl (C=O) groups is 2. The molecule has 2 amide bonds. The summed E-state index contributed by atoms with van der Waals surface area (Å²) in [6.45, 7) is 3.65. The zero-order valence-corrected chi connectivity index (χ0v) is 15.7. The van der Waals surface area contributed by atoms with Crippen LogP contribution in [0.2, 0.25) is 0 Å². The number of fused-ring (bicyclic) bond motifs is 1. The van der Waals surface area contributed by atoms with Gasteiger partial charge in [0.2, 0.25) is 5.79 Å². The monoisotopic (exact) mass is 389 g/mol. The van der Waals surface area contributed by atoms with Gasteiger partial charge in [-0.25, -0.2) is 14.9 Å². The molecular formula is C19H20FN3O5. The summed E-state index contributed by atoms with van der Waals surface area (Å²) in [6.07, 6.45) is 1.29. The van der Waals surface area contributed by atoms with Crippen LogP contribution in [0.4, 0.5) is 4.39 Å². The van der Waals surface area contributed by atoms with Crippen LogP contribution in [0.5, 0.6) is 5.75 Å². The maximum Gasteiger partial charge on any atom is 0.297 e. The van der Waals surface area contributed by atoms with Gasteiger partial charge in [0.15, 0.2) is 11.4 Å². The molecule has 2 heterocycles. The second kappa shape index (κ2) is 7.91. The van der Waals surface area contributed by atoms with Gasteiger partial charge < -0.3 is 14.8 Å². The third kappa shape index (κ3) is 4.26. The largest absolute Gasteiger partial charge is 0.460 e. The van der Waals surface area contributed by atoms with Gasteiger partial charge in [0, 0.05) is 32.2 Å². The van der Waals surface area contributed by atoms with Crippen molar-refractivity contribution in [2.75, 3.05) is 7.11 Å². The number of rotatable bonds is 5. The number of benzene rings is 1. The first kappa shape index (κ1) is 19.7. The quantitative estimate of drug-likeness (QED) is 0.760. The summed E-state index contributed by atoms with van der Waals surface area (Å²) in [5, 5.41) is 2.74. The van der Waals surface area contributed by atoms with Crippen molar-refractivity contribution in [1.82, 2.24) is 15.8 Å². The number of carbonyl (C=O) groups excluding carboxylic acids is 2. The zero-order valence-electron chi connectivity index (χ0n) is 15.7. The molecule has 0 unspecified atom stereocenters. The molecule has 0 fully saturated rings. The predicted molar refractivity (Wildman–Crippen MR) is 95.8 cm³/mol. The molecule has 0 spiro atoms. The second-order valence-corrected chi connectivity index (χ2v) is 6.56. The van der Waals surface area contributed by atoms with E-state index in [2.05, 4.69) is 20.6 Å². The van der Waals surface area contributed by atoms with E-state index < -0.39 is 17.6 Å². The fourth-order valence-corrected chi connectivity index (χ4v) is 2.68. The van der Waals surface area contributed by atoms with E-state index in [1.54, 1.807) is 26.0 Å². The summed E-state index contributed by atoms with van der Waals surface area (Å²) in [7, 11) is 1.30. The summed E-state index contributed by atoms with van der Waals surface area (Å²) < 4.78 is 24.4. The highest BCUT2D eigenvalue weighted by Gasteiger charge is 2.34. The van der Waals surface area contributed by atoms with Gasteiger partial charge in [-0.1, -0.05) is 12.1 Å². The Hall–Kier alpha value is -3.04. The van der Waals surface area contributed by atoms with Crippen LogP contribution < -0.4 is 15.5 Å². The average Bonchev–Trinajstić information content (AvgIpc) is 2.65. The molecule has 0 saturated heterocycles. The Labute approximate surface area is 161 Å². The van der Waals surface area contributed by atoms with Gasteiger partial charge in [-0.3, -0.25) is 14.4 Å². The molecule has 2 N–H and O–H groups in total. The molecule has 0 aliphatic carbocycles. The van der Waals surface area contributed by atoms with Gasteiger partial charge >= 0.3 is 0 Å². The van der Waals surface area contributed by atoms with Gasteiger partial charge in [-0.15, -0.1) is 0 Å². The standard InChI is InChI=1S/C19H20FN3O5/c1-19(2)27-10-14-13(9-21-15(16(14)28-19)18(25)23-26-3)17(24)22-8-11-4-6-12(20)7-5-11/h4-7,9H,8,10H2,1-3H3,(H,22,24)(H,23,25). The summed E-state index contributed by atoms with van der Waals surface area (Å²) in [5.74, 6) is -2.19. The van der Waals surface area contributed by atoms with Crippen molar-refractivity contribution in [2.45, 2.75) is 32.8 Å². The van der Waals surface area contributed by atoms with Crippen LogP contribution in [0.1, 0.15) is 45.8 Å². The summed E-state index contributed by atoms with van der Waals surface area (Å²) in [6, 6.07) is 5.79. The molecule has 8 nitrogen and oxygen atoms in total. The van der Waals surface area contributed by atoms with Crippen molar-refractivity contribution in [3.05, 3.63) is 58.7 Å². The van der Waals surface area contributed by atoms with Crippen molar-refractivity contribution >= 4 is 11.8 Å². The number of hydrogen-bond acceptors (Lipinski definition) is 6. The number of amides is 2. The SMILES string of the molecule is CONC(=O)c1ncc(C(=O)NCc2ccc(F)cc2)c2c1OC(C)(C)OC2. The number of hydroxylamine groups is 1. The van der Waals surface area contributed by atoms with Gasteiger partial charge in [-0.2, -0.15) is 0 Å². The lowest BCUT2D eigenvalue weighted by atomic mass is 10.0. The maximum absolute atomic E-state index is 13.0. The van der Waals surface area contributed by atoms with Crippen molar-refractivity contribution in [3.63, 3.8) is 0 Å². The minimum Gasteiger partial charge on any atom is -0.460 e. The molecule has 2 aromatic rings. The van der Waals surface area contributed by atoms with E-state index in [4.69, 9.17) is 9.47 Å². The highest BCUT2D eigenvalue weighted by molar-refractivity contribution is 5.99. The first-order valence-electron chi connectivity index (χ1n) is 8.51. The normalized spacial score (nSPS) is 14.6. The first-order valence-corrected chi connectivity index (χ1v) is 8.51.